The first kappa shape index (κ1) is 24.0. The molecular formula is C27H29N5O3. The van der Waals surface area contributed by atoms with E-state index in [4.69, 9.17) is 14.6 Å². The van der Waals surface area contributed by atoms with Crippen LogP contribution in [-0.2, 0) is 17.6 Å². The highest BCUT2D eigenvalue weighted by Crippen LogP contribution is 2.22. The van der Waals surface area contributed by atoms with Crippen LogP contribution >= 0.6 is 0 Å². The summed E-state index contributed by atoms with van der Waals surface area (Å²) < 4.78 is 13.6. The van der Waals surface area contributed by atoms with Gasteiger partial charge >= 0.3 is 0 Å². The lowest BCUT2D eigenvalue weighted by molar-refractivity contribution is -0.125. The number of rotatable bonds is 12. The summed E-state index contributed by atoms with van der Waals surface area (Å²) in [5, 5.41) is 7.07. The molecule has 2 aromatic carbocycles. The third kappa shape index (κ3) is 6.45. The molecular weight excluding hydrogens is 442 g/mol. The molecule has 2 aromatic heterocycles. The van der Waals surface area contributed by atoms with Gasteiger partial charge in [0.2, 0.25) is 5.89 Å². The zero-order valence-electron chi connectivity index (χ0n) is 19.6. The minimum atomic E-state index is -0.413. The first-order valence-electron chi connectivity index (χ1n) is 11.5. The van der Waals surface area contributed by atoms with Crippen LogP contribution in [0.25, 0.3) is 11.5 Å². The van der Waals surface area contributed by atoms with Crippen LogP contribution in [0.15, 0.2) is 83.5 Å². The molecule has 1 amide bonds. The van der Waals surface area contributed by atoms with Crippen molar-refractivity contribution >= 4 is 12.1 Å². The Morgan fingerprint density at radius 1 is 1.11 bits per heavy atom. The minimum absolute atomic E-state index is 0.166. The fraction of sp³-hybridized carbons (Fsp3) is 0.222. The van der Waals surface area contributed by atoms with E-state index in [9.17, 15) is 4.79 Å². The number of carbonyl (C=O) groups excluding carboxylic acids is 1. The lowest BCUT2D eigenvalue weighted by Gasteiger charge is -2.19. The lowest BCUT2D eigenvalue weighted by atomic mass is 10.1. The molecule has 0 radical (unpaired) electrons. The molecule has 1 atom stereocenters. The van der Waals surface area contributed by atoms with Crippen LogP contribution < -0.4 is 15.6 Å². The van der Waals surface area contributed by atoms with E-state index in [1.165, 1.54) is 6.21 Å². The van der Waals surface area contributed by atoms with E-state index in [1.807, 2.05) is 90.6 Å². The zero-order chi connectivity index (χ0) is 24.5. The van der Waals surface area contributed by atoms with Crippen LogP contribution in [0.2, 0.25) is 0 Å². The van der Waals surface area contributed by atoms with Crippen molar-refractivity contribution in [3.63, 3.8) is 0 Å². The Bertz CT molecular complexity index is 1220. The fourth-order valence-electron chi connectivity index (χ4n) is 3.74. The molecule has 0 aliphatic rings. The third-order valence-electron chi connectivity index (χ3n) is 5.58. The number of hydrazine groups is 1. The predicted molar refractivity (Wildman–Crippen MR) is 134 cm³/mol. The van der Waals surface area contributed by atoms with Gasteiger partial charge in [-0.1, -0.05) is 30.3 Å². The van der Waals surface area contributed by atoms with Crippen molar-refractivity contribution in [2.24, 2.45) is 0 Å². The third-order valence-corrected chi connectivity index (χ3v) is 5.58. The van der Waals surface area contributed by atoms with Crippen LogP contribution in [0.1, 0.15) is 23.1 Å². The number of ether oxygens (including phenoxy) is 1. The van der Waals surface area contributed by atoms with E-state index in [0.29, 0.717) is 25.3 Å². The number of aryl methyl sites for hydroxylation is 1. The highest BCUT2D eigenvalue weighted by atomic mass is 16.5. The van der Waals surface area contributed by atoms with Gasteiger partial charge in [-0.3, -0.25) is 10.2 Å². The normalized spacial score (nSPS) is 11.7. The van der Waals surface area contributed by atoms with Gasteiger partial charge in [-0.15, -0.1) is 0 Å². The second-order valence-electron chi connectivity index (χ2n) is 8.05. The van der Waals surface area contributed by atoms with Gasteiger partial charge in [0.05, 0.1) is 12.3 Å². The van der Waals surface area contributed by atoms with Gasteiger partial charge in [-0.25, -0.2) is 10.4 Å². The first-order chi connectivity index (χ1) is 17.1. The first-order valence-corrected chi connectivity index (χ1v) is 11.5. The predicted octanol–water partition coefficient (Wildman–Crippen LogP) is 4.13. The minimum Gasteiger partial charge on any atom is -0.493 e. The summed E-state index contributed by atoms with van der Waals surface area (Å²) in [5.74, 6) is 2.01. The highest BCUT2D eigenvalue weighted by molar-refractivity contribution is 5.80. The Kier molecular flexibility index (Phi) is 8.08. The summed E-state index contributed by atoms with van der Waals surface area (Å²) in [6.07, 6.45) is 6.09. The van der Waals surface area contributed by atoms with Crippen LogP contribution in [0, 0.1) is 12.3 Å². The largest absolute Gasteiger partial charge is 0.493 e. The van der Waals surface area contributed by atoms with Crippen molar-refractivity contribution in [2.45, 2.75) is 25.8 Å². The Morgan fingerprint density at radius 2 is 1.86 bits per heavy atom. The van der Waals surface area contributed by atoms with Crippen LogP contribution in [0.3, 0.4) is 0 Å². The van der Waals surface area contributed by atoms with Crippen LogP contribution in [-0.4, -0.2) is 34.8 Å². The monoisotopic (exact) mass is 471 g/mol. The van der Waals surface area contributed by atoms with Crippen molar-refractivity contribution in [1.29, 1.82) is 5.41 Å². The van der Waals surface area contributed by atoms with Gasteiger partial charge in [0.1, 0.15) is 17.6 Å². The molecule has 0 saturated heterocycles. The Hall–Kier alpha value is -4.17. The molecule has 180 valence electrons. The van der Waals surface area contributed by atoms with Gasteiger partial charge in [-0.2, -0.15) is 0 Å². The van der Waals surface area contributed by atoms with Gasteiger partial charge < -0.3 is 19.1 Å². The molecule has 2 heterocycles. The summed E-state index contributed by atoms with van der Waals surface area (Å²) in [6, 6.07) is 21.0. The average Bonchev–Trinajstić information content (AvgIpc) is 3.54. The molecule has 0 saturated carbocycles. The van der Waals surface area contributed by atoms with E-state index in [-0.39, 0.29) is 12.5 Å². The number of hydrogen-bond donors (Lipinski definition) is 3. The second-order valence-corrected chi connectivity index (χ2v) is 8.05. The Balaban J connectivity index is 1.32. The van der Waals surface area contributed by atoms with E-state index >= 15 is 0 Å². The number of carbonyl (C=O) groups is 1. The van der Waals surface area contributed by atoms with E-state index in [0.717, 1.165) is 28.3 Å². The molecule has 35 heavy (non-hydrogen) atoms. The average molecular weight is 472 g/mol. The van der Waals surface area contributed by atoms with Gasteiger partial charge in [0.25, 0.3) is 5.91 Å². The van der Waals surface area contributed by atoms with Crippen molar-refractivity contribution in [3.05, 3.63) is 96.1 Å². The molecule has 4 rings (SSSR count). The summed E-state index contributed by atoms with van der Waals surface area (Å²) in [6.45, 7) is 2.67. The molecule has 8 nitrogen and oxygen atoms in total. The van der Waals surface area contributed by atoms with Gasteiger partial charge in [0, 0.05) is 43.6 Å². The van der Waals surface area contributed by atoms with E-state index in [2.05, 4.69) is 15.8 Å². The second kappa shape index (κ2) is 11.8. The molecule has 0 unspecified atom stereocenters. The highest BCUT2D eigenvalue weighted by Gasteiger charge is 2.20. The SMILES string of the molecule is Cc1oc(-c2ccccc2)nc1CCOc1ccc(C[C@@H](C(=O)NNCC=N)n2cccc2)cc1. The van der Waals surface area contributed by atoms with Crippen LogP contribution in [0.5, 0.6) is 5.75 Å². The van der Waals surface area contributed by atoms with Gasteiger partial charge in [-0.05, 0) is 48.9 Å². The van der Waals surface area contributed by atoms with Crippen molar-refractivity contribution in [1.82, 2.24) is 20.4 Å². The summed E-state index contributed by atoms with van der Waals surface area (Å²) in [5.41, 5.74) is 8.25. The Labute approximate surface area is 204 Å². The molecule has 3 N–H and O–H groups in total. The topological polar surface area (TPSA) is 105 Å². The molecule has 8 heteroatoms. The van der Waals surface area contributed by atoms with Gasteiger partial charge in [0.15, 0.2) is 0 Å². The molecule has 4 aromatic rings. The number of nitrogens with zero attached hydrogens (tertiary/aromatic N) is 2. The fourth-order valence-corrected chi connectivity index (χ4v) is 3.74. The van der Waals surface area contributed by atoms with Crippen molar-refractivity contribution in [3.8, 4) is 17.2 Å². The summed E-state index contributed by atoms with van der Waals surface area (Å²) >= 11 is 0. The Morgan fingerprint density at radius 3 is 2.57 bits per heavy atom. The van der Waals surface area contributed by atoms with Crippen molar-refractivity contribution < 1.29 is 13.9 Å². The van der Waals surface area contributed by atoms with E-state index in [1.54, 1.807) is 0 Å². The standard InChI is InChI=1S/C27H29N5O3/c1-20-24(30-27(35-20)22-7-3-2-4-8-22)13-18-34-23-11-9-21(10-12-23)19-25(32-16-5-6-17-32)26(33)31-29-15-14-28/h2-12,14,16-17,25,28-29H,13,15,18-19H2,1H3,(H,31,33)/t25-/m0/s1. The summed E-state index contributed by atoms with van der Waals surface area (Å²) in [7, 11) is 0. The maximum Gasteiger partial charge on any atom is 0.257 e. The maximum absolute atomic E-state index is 12.7. The lowest BCUT2D eigenvalue weighted by Crippen LogP contribution is -2.43. The smallest absolute Gasteiger partial charge is 0.257 e. The number of nitrogens with one attached hydrogen (secondary N) is 3. The maximum atomic E-state index is 12.7. The quantitative estimate of drug-likeness (QED) is 0.164. The number of hydrogen-bond acceptors (Lipinski definition) is 6. The molecule has 0 aliphatic heterocycles. The molecule has 0 fully saturated rings. The summed E-state index contributed by atoms with van der Waals surface area (Å²) in [4.78, 5) is 17.3. The van der Waals surface area contributed by atoms with Crippen molar-refractivity contribution in [2.75, 3.05) is 13.2 Å². The number of oxazole rings is 1. The van der Waals surface area contributed by atoms with Crippen LogP contribution in [0.4, 0.5) is 0 Å². The number of aromatic nitrogens is 2. The molecule has 0 bridgehead atoms. The number of amides is 1. The molecule has 0 aliphatic carbocycles. The molecule has 0 spiro atoms. The van der Waals surface area contributed by atoms with E-state index < -0.39 is 6.04 Å². The zero-order valence-corrected chi connectivity index (χ0v) is 19.6. The number of benzene rings is 2.